The molecular weight excluding hydrogens is 328 g/mol. The van der Waals surface area contributed by atoms with Crippen LogP contribution < -0.4 is 5.73 Å². The number of likely N-dealkylation sites (tertiary alicyclic amines) is 1. The molecule has 1 aliphatic rings. The second kappa shape index (κ2) is 6.73. The zero-order valence-corrected chi connectivity index (χ0v) is 13.1. The van der Waals surface area contributed by atoms with Gasteiger partial charge in [0, 0.05) is 29.0 Å². The summed E-state index contributed by atoms with van der Waals surface area (Å²) < 4.78 is 1.01. The molecule has 3 nitrogen and oxygen atoms in total. The highest BCUT2D eigenvalue weighted by atomic mass is 79.9. The molecule has 104 valence electrons. The Morgan fingerprint density at radius 3 is 3.00 bits per heavy atom. The maximum absolute atomic E-state index is 12.1. The molecule has 0 radical (unpaired) electrons. The fraction of sp³-hybridized carbons (Fsp3) is 0.500. The fourth-order valence-corrected chi connectivity index (χ4v) is 3.03. The average Bonchev–Trinajstić information content (AvgIpc) is 2.88. The summed E-state index contributed by atoms with van der Waals surface area (Å²) in [6.45, 7) is 2.33. The maximum Gasteiger partial charge on any atom is 0.222 e. The van der Waals surface area contributed by atoms with Crippen LogP contribution in [0.1, 0.15) is 18.4 Å². The minimum absolute atomic E-state index is 0.211. The van der Waals surface area contributed by atoms with Crippen molar-refractivity contribution < 1.29 is 4.79 Å². The number of benzene rings is 1. The van der Waals surface area contributed by atoms with E-state index in [-0.39, 0.29) is 5.91 Å². The van der Waals surface area contributed by atoms with E-state index < -0.39 is 0 Å². The van der Waals surface area contributed by atoms with Gasteiger partial charge in [0.15, 0.2) is 0 Å². The Hall–Kier alpha value is -0.580. The number of hydrogen-bond acceptors (Lipinski definition) is 2. The van der Waals surface area contributed by atoms with Crippen molar-refractivity contribution in [1.82, 2.24) is 4.90 Å². The third kappa shape index (κ3) is 3.94. The number of halogens is 2. The van der Waals surface area contributed by atoms with E-state index >= 15 is 0 Å². The summed E-state index contributed by atoms with van der Waals surface area (Å²) >= 11 is 9.45. The number of hydrogen-bond donors (Lipinski definition) is 1. The second-order valence-electron chi connectivity index (χ2n) is 4.97. The maximum atomic E-state index is 12.1. The molecule has 0 aromatic heterocycles. The average molecular weight is 346 g/mol. The van der Waals surface area contributed by atoms with Crippen molar-refractivity contribution >= 4 is 33.4 Å². The number of nitrogens with zero attached hydrogens (tertiary/aromatic N) is 1. The van der Waals surface area contributed by atoms with E-state index in [2.05, 4.69) is 15.9 Å². The Kier molecular flexibility index (Phi) is 5.25. The van der Waals surface area contributed by atoms with Crippen molar-refractivity contribution in [2.45, 2.75) is 19.3 Å². The number of rotatable bonds is 4. The van der Waals surface area contributed by atoms with Crippen molar-refractivity contribution in [3.05, 3.63) is 33.3 Å². The predicted molar refractivity (Wildman–Crippen MR) is 81.2 cm³/mol. The van der Waals surface area contributed by atoms with Crippen LogP contribution in [0.25, 0.3) is 0 Å². The summed E-state index contributed by atoms with van der Waals surface area (Å²) in [6.07, 6.45) is 2.27. The monoisotopic (exact) mass is 344 g/mol. The van der Waals surface area contributed by atoms with Crippen LogP contribution in [0.15, 0.2) is 22.7 Å². The molecule has 1 fully saturated rings. The highest BCUT2D eigenvalue weighted by Crippen LogP contribution is 2.23. The van der Waals surface area contributed by atoms with Crippen LogP contribution in [-0.4, -0.2) is 30.4 Å². The van der Waals surface area contributed by atoms with E-state index in [0.29, 0.717) is 30.3 Å². The van der Waals surface area contributed by atoms with Crippen LogP contribution >= 0.6 is 27.5 Å². The third-order valence-corrected chi connectivity index (χ3v) is 4.60. The van der Waals surface area contributed by atoms with Gasteiger partial charge in [-0.2, -0.15) is 0 Å². The summed E-state index contributed by atoms with van der Waals surface area (Å²) in [5, 5.41) is 0.704. The first kappa shape index (κ1) is 14.8. The van der Waals surface area contributed by atoms with Gasteiger partial charge in [0.05, 0.1) is 0 Å². The molecule has 1 aromatic carbocycles. The number of aryl methyl sites for hydroxylation is 1. The number of carbonyl (C=O) groups is 1. The van der Waals surface area contributed by atoms with Crippen molar-refractivity contribution in [2.75, 3.05) is 19.6 Å². The molecule has 5 heteroatoms. The Morgan fingerprint density at radius 2 is 2.32 bits per heavy atom. The summed E-state index contributed by atoms with van der Waals surface area (Å²) in [5.41, 5.74) is 6.72. The lowest BCUT2D eigenvalue weighted by Gasteiger charge is -2.16. The van der Waals surface area contributed by atoms with Gasteiger partial charge in [-0.1, -0.05) is 27.5 Å². The largest absolute Gasteiger partial charge is 0.342 e. The molecule has 1 atom stereocenters. The molecule has 1 aliphatic heterocycles. The second-order valence-corrected chi connectivity index (χ2v) is 6.26. The minimum atomic E-state index is 0.211. The molecule has 0 saturated carbocycles. The molecule has 0 bridgehead atoms. The zero-order chi connectivity index (χ0) is 13.8. The van der Waals surface area contributed by atoms with E-state index in [9.17, 15) is 4.79 Å². The lowest BCUT2D eigenvalue weighted by molar-refractivity contribution is -0.130. The molecule has 19 heavy (non-hydrogen) atoms. The van der Waals surface area contributed by atoms with E-state index in [1.807, 2.05) is 23.1 Å². The van der Waals surface area contributed by atoms with Gasteiger partial charge < -0.3 is 10.6 Å². The first-order valence-corrected chi connectivity index (χ1v) is 7.69. The van der Waals surface area contributed by atoms with Gasteiger partial charge in [-0.05, 0) is 49.1 Å². The van der Waals surface area contributed by atoms with Crippen molar-refractivity contribution in [2.24, 2.45) is 11.7 Å². The van der Waals surface area contributed by atoms with Crippen molar-refractivity contribution in [1.29, 1.82) is 0 Å². The van der Waals surface area contributed by atoms with Crippen LogP contribution in [0.3, 0.4) is 0 Å². The summed E-state index contributed by atoms with van der Waals surface area (Å²) in [7, 11) is 0. The Balaban J connectivity index is 1.88. The van der Waals surface area contributed by atoms with Crippen LogP contribution in [0.4, 0.5) is 0 Å². The van der Waals surface area contributed by atoms with E-state index in [1.165, 1.54) is 0 Å². The normalized spacial score (nSPS) is 18.9. The highest BCUT2D eigenvalue weighted by molar-refractivity contribution is 9.10. The molecule has 1 aromatic rings. The van der Waals surface area contributed by atoms with Gasteiger partial charge in [0.25, 0.3) is 0 Å². The van der Waals surface area contributed by atoms with E-state index in [1.54, 1.807) is 0 Å². The molecule has 1 saturated heterocycles. The van der Waals surface area contributed by atoms with Crippen LogP contribution in [0.2, 0.25) is 5.02 Å². The van der Waals surface area contributed by atoms with Gasteiger partial charge in [0.2, 0.25) is 5.91 Å². The summed E-state index contributed by atoms with van der Waals surface area (Å²) in [6, 6.07) is 5.66. The first-order chi connectivity index (χ1) is 9.10. The summed E-state index contributed by atoms with van der Waals surface area (Å²) in [5.74, 6) is 0.685. The van der Waals surface area contributed by atoms with E-state index in [0.717, 1.165) is 29.5 Å². The molecule has 1 heterocycles. The highest BCUT2D eigenvalue weighted by Gasteiger charge is 2.24. The molecule has 0 spiro atoms. The molecule has 2 N–H and O–H groups in total. The lowest BCUT2D eigenvalue weighted by Crippen LogP contribution is -2.30. The van der Waals surface area contributed by atoms with Crippen molar-refractivity contribution in [3.8, 4) is 0 Å². The first-order valence-electron chi connectivity index (χ1n) is 6.52. The summed E-state index contributed by atoms with van der Waals surface area (Å²) in [4.78, 5) is 14.0. The number of carbonyl (C=O) groups excluding carboxylic acids is 1. The fourth-order valence-electron chi connectivity index (χ4n) is 2.39. The topological polar surface area (TPSA) is 46.3 Å². The molecule has 0 aliphatic carbocycles. The Bertz CT molecular complexity index is 467. The van der Waals surface area contributed by atoms with Crippen LogP contribution in [-0.2, 0) is 11.2 Å². The van der Waals surface area contributed by atoms with Crippen LogP contribution in [0.5, 0.6) is 0 Å². The van der Waals surface area contributed by atoms with Gasteiger partial charge in [0.1, 0.15) is 0 Å². The number of amides is 1. The molecule has 1 amide bonds. The molecule has 2 rings (SSSR count). The van der Waals surface area contributed by atoms with Gasteiger partial charge in [-0.3, -0.25) is 4.79 Å². The Labute approximate surface area is 127 Å². The Morgan fingerprint density at radius 1 is 1.53 bits per heavy atom. The predicted octanol–water partition coefficient (Wildman–Crippen LogP) is 2.84. The zero-order valence-electron chi connectivity index (χ0n) is 10.7. The quantitative estimate of drug-likeness (QED) is 0.912. The van der Waals surface area contributed by atoms with Gasteiger partial charge in [-0.15, -0.1) is 0 Å². The van der Waals surface area contributed by atoms with E-state index in [4.69, 9.17) is 17.3 Å². The van der Waals surface area contributed by atoms with Crippen molar-refractivity contribution in [3.63, 3.8) is 0 Å². The number of nitrogens with two attached hydrogens (primary N) is 1. The smallest absolute Gasteiger partial charge is 0.222 e. The minimum Gasteiger partial charge on any atom is -0.342 e. The standard InChI is InChI=1S/C14H18BrClN2O/c15-13-3-2-12(16)7-11(13)1-4-14(19)18-6-5-10(8-17)9-18/h2-3,7,10H,1,4-6,8-9,17H2/t10-/m1/s1. The molecular formula is C14H18BrClN2O. The third-order valence-electron chi connectivity index (χ3n) is 3.59. The SMILES string of the molecule is NC[C@H]1CCN(C(=O)CCc2cc(Cl)ccc2Br)C1. The van der Waals surface area contributed by atoms with Gasteiger partial charge in [-0.25, -0.2) is 0 Å². The molecule has 0 unspecified atom stereocenters. The lowest BCUT2D eigenvalue weighted by atomic mass is 10.1. The van der Waals surface area contributed by atoms with Gasteiger partial charge >= 0.3 is 0 Å². The van der Waals surface area contributed by atoms with Crippen LogP contribution in [0, 0.1) is 5.92 Å².